The molecule has 2 rings (SSSR count). The number of nitrogens with one attached hydrogen (secondary N) is 1. The Morgan fingerprint density at radius 2 is 1.78 bits per heavy atom. The van der Waals surface area contributed by atoms with Crippen molar-refractivity contribution in [1.82, 2.24) is 4.90 Å². The summed E-state index contributed by atoms with van der Waals surface area (Å²) in [5.41, 5.74) is 2.40. The molecule has 3 heteroatoms. The minimum atomic E-state index is -0.125. The lowest BCUT2D eigenvalue weighted by Gasteiger charge is -2.33. The highest BCUT2D eigenvalue weighted by atomic mass is 16.5. The Morgan fingerprint density at radius 1 is 1.13 bits per heavy atom. The van der Waals surface area contributed by atoms with Gasteiger partial charge in [-0.3, -0.25) is 0 Å². The Balaban J connectivity index is 1.97. The third-order valence-electron chi connectivity index (χ3n) is 4.10. The first kappa shape index (κ1) is 18.1. The smallest absolute Gasteiger partial charge is 0.143 e. The van der Waals surface area contributed by atoms with Crippen LogP contribution < -0.4 is 10.1 Å². The number of hydrogen-bond donors (Lipinski definition) is 1. The number of nitrogens with zero attached hydrogens (tertiary/aromatic N) is 1. The summed E-state index contributed by atoms with van der Waals surface area (Å²) in [6.07, 6.45) is 1.10. The number of anilines is 1. The molecule has 0 aromatic heterocycles. The van der Waals surface area contributed by atoms with Crippen molar-refractivity contribution in [2.24, 2.45) is 11.8 Å². The van der Waals surface area contributed by atoms with Crippen molar-refractivity contribution < 1.29 is 4.74 Å². The fourth-order valence-corrected chi connectivity index (χ4v) is 3.18. The summed E-state index contributed by atoms with van der Waals surface area (Å²) in [5, 5.41) is 3.51. The fraction of sp³-hybridized carbons (Fsp3) is 0.700. The predicted octanol–water partition coefficient (Wildman–Crippen LogP) is 4.43. The molecule has 0 saturated carbocycles. The van der Waals surface area contributed by atoms with Crippen molar-refractivity contribution >= 4 is 5.69 Å². The van der Waals surface area contributed by atoms with E-state index in [-0.39, 0.29) is 5.60 Å². The first-order valence-electron chi connectivity index (χ1n) is 9.03. The zero-order chi connectivity index (χ0) is 17.0. The molecule has 0 atom stereocenters. The molecule has 1 N–H and O–H groups in total. The van der Waals surface area contributed by atoms with Crippen molar-refractivity contribution in [2.75, 3.05) is 31.5 Å². The molecule has 0 spiro atoms. The van der Waals surface area contributed by atoms with Crippen LogP contribution in [0.1, 0.15) is 47.1 Å². The van der Waals surface area contributed by atoms with E-state index in [1.807, 2.05) is 0 Å². The molecule has 23 heavy (non-hydrogen) atoms. The second-order valence-corrected chi connectivity index (χ2v) is 8.34. The van der Waals surface area contributed by atoms with Crippen LogP contribution in [-0.2, 0) is 6.42 Å². The predicted molar refractivity (Wildman–Crippen MR) is 99.5 cm³/mol. The number of ether oxygens (including phenoxy) is 1. The summed E-state index contributed by atoms with van der Waals surface area (Å²) in [6.45, 7) is 17.8. The maximum Gasteiger partial charge on any atom is 0.143 e. The molecule has 1 aliphatic rings. The summed E-state index contributed by atoms with van der Waals surface area (Å²) in [5.74, 6) is 2.41. The molecule has 1 aliphatic heterocycles. The van der Waals surface area contributed by atoms with Gasteiger partial charge in [0.15, 0.2) is 0 Å². The lowest BCUT2D eigenvalue weighted by Crippen LogP contribution is -2.40. The Kier molecular flexibility index (Phi) is 5.96. The van der Waals surface area contributed by atoms with E-state index in [2.05, 4.69) is 70.0 Å². The number of fused-ring (bicyclic) bond motifs is 1. The Labute approximate surface area is 142 Å². The van der Waals surface area contributed by atoms with E-state index in [1.165, 1.54) is 18.7 Å². The zero-order valence-electron chi connectivity index (χ0n) is 15.8. The molecule has 1 heterocycles. The molecule has 1 aromatic rings. The van der Waals surface area contributed by atoms with Crippen LogP contribution in [0.4, 0.5) is 5.69 Å². The number of rotatable bonds is 7. The molecule has 0 saturated heterocycles. The van der Waals surface area contributed by atoms with Gasteiger partial charge in [-0.05, 0) is 49.8 Å². The molecule has 0 bridgehead atoms. The SMILES string of the molecule is CC(C)CN(CCc1ccc2c(c1)NCC(C)(C)O2)CC(C)C. The van der Waals surface area contributed by atoms with E-state index in [0.717, 1.165) is 42.8 Å². The summed E-state index contributed by atoms with van der Waals surface area (Å²) in [6, 6.07) is 6.59. The van der Waals surface area contributed by atoms with Crippen LogP contribution in [0, 0.1) is 11.8 Å². The maximum atomic E-state index is 6.03. The van der Waals surface area contributed by atoms with E-state index < -0.39 is 0 Å². The normalized spacial score (nSPS) is 16.4. The summed E-state index contributed by atoms with van der Waals surface area (Å²) in [4.78, 5) is 2.60. The lowest BCUT2D eigenvalue weighted by atomic mass is 10.0. The van der Waals surface area contributed by atoms with E-state index in [4.69, 9.17) is 4.74 Å². The Bertz CT molecular complexity index is 498. The van der Waals surface area contributed by atoms with Gasteiger partial charge in [0.25, 0.3) is 0 Å². The van der Waals surface area contributed by atoms with Gasteiger partial charge in [-0.2, -0.15) is 0 Å². The van der Waals surface area contributed by atoms with Gasteiger partial charge in [0.1, 0.15) is 11.4 Å². The zero-order valence-corrected chi connectivity index (χ0v) is 15.8. The van der Waals surface area contributed by atoms with Crippen LogP contribution in [0.2, 0.25) is 0 Å². The summed E-state index contributed by atoms with van der Waals surface area (Å²) < 4.78 is 6.03. The third kappa shape index (κ3) is 5.72. The fourth-order valence-electron chi connectivity index (χ4n) is 3.18. The first-order chi connectivity index (χ1) is 10.7. The van der Waals surface area contributed by atoms with Crippen molar-refractivity contribution in [2.45, 2.75) is 53.6 Å². The average Bonchev–Trinajstić information content (AvgIpc) is 2.42. The summed E-state index contributed by atoms with van der Waals surface area (Å²) in [7, 11) is 0. The van der Waals surface area contributed by atoms with E-state index in [9.17, 15) is 0 Å². The van der Waals surface area contributed by atoms with Crippen LogP contribution in [0.25, 0.3) is 0 Å². The number of benzene rings is 1. The van der Waals surface area contributed by atoms with Crippen molar-refractivity contribution in [3.8, 4) is 5.75 Å². The highest BCUT2D eigenvalue weighted by molar-refractivity contribution is 5.60. The average molecular weight is 319 g/mol. The van der Waals surface area contributed by atoms with Gasteiger partial charge in [-0.25, -0.2) is 0 Å². The van der Waals surface area contributed by atoms with Crippen molar-refractivity contribution in [3.05, 3.63) is 23.8 Å². The van der Waals surface area contributed by atoms with E-state index in [0.29, 0.717) is 0 Å². The molecule has 0 amide bonds. The molecule has 0 radical (unpaired) electrons. The Morgan fingerprint density at radius 3 is 2.39 bits per heavy atom. The molecular formula is C20H34N2O. The van der Waals surface area contributed by atoms with E-state index >= 15 is 0 Å². The molecule has 0 fully saturated rings. The highest BCUT2D eigenvalue weighted by Gasteiger charge is 2.26. The topological polar surface area (TPSA) is 24.5 Å². The molecule has 0 unspecified atom stereocenters. The minimum Gasteiger partial charge on any atom is -0.484 e. The van der Waals surface area contributed by atoms with Gasteiger partial charge in [0.2, 0.25) is 0 Å². The van der Waals surface area contributed by atoms with Gasteiger partial charge in [-0.1, -0.05) is 33.8 Å². The largest absolute Gasteiger partial charge is 0.484 e. The molecule has 1 aromatic carbocycles. The van der Waals surface area contributed by atoms with Crippen LogP contribution in [0.3, 0.4) is 0 Å². The minimum absolute atomic E-state index is 0.125. The van der Waals surface area contributed by atoms with Gasteiger partial charge < -0.3 is 15.0 Å². The van der Waals surface area contributed by atoms with Crippen molar-refractivity contribution in [3.63, 3.8) is 0 Å². The maximum absolute atomic E-state index is 6.03. The number of hydrogen-bond acceptors (Lipinski definition) is 3. The second kappa shape index (κ2) is 7.57. The van der Waals surface area contributed by atoms with Crippen LogP contribution in [0.5, 0.6) is 5.75 Å². The summed E-state index contributed by atoms with van der Waals surface area (Å²) >= 11 is 0. The molecule has 130 valence electrons. The standard InChI is InChI=1S/C20H34N2O/c1-15(2)12-22(13-16(3)4)10-9-17-7-8-19-18(11-17)21-14-20(5,6)23-19/h7-8,11,15-16,21H,9-10,12-14H2,1-6H3. The van der Waals surface area contributed by atoms with Crippen molar-refractivity contribution in [1.29, 1.82) is 0 Å². The van der Waals surface area contributed by atoms with E-state index in [1.54, 1.807) is 0 Å². The van der Waals surface area contributed by atoms with Crippen LogP contribution in [-0.4, -0.2) is 36.7 Å². The lowest BCUT2D eigenvalue weighted by molar-refractivity contribution is 0.116. The van der Waals surface area contributed by atoms with Gasteiger partial charge >= 0.3 is 0 Å². The first-order valence-corrected chi connectivity index (χ1v) is 9.03. The highest BCUT2D eigenvalue weighted by Crippen LogP contribution is 2.33. The van der Waals surface area contributed by atoms with Gasteiger partial charge in [-0.15, -0.1) is 0 Å². The monoisotopic (exact) mass is 318 g/mol. The quantitative estimate of drug-likeness (QED) is 0.805. The van der Waals surface area contributed by atoms with Crippen LogP contribution >= 0.6 is 0 Å². The van der Waals surface area contributed by atoms with Gasteiger partial charge in [0.05, 0.1) is 12.2 Å². The Hall–Kier alpha value is -1.22. The second-order valence-electron chi connectivity index (χ2n) is 8.34. The third-order valence-corrected chi connectivity index (χ3v) is 4.10. The molecule has 0 aliphatic carbocycles. The molecule has 3 nitrogen and oxygen atoms in total. The van der Waals surface area contributed by atoms with Crippen LogP contribution in [0.15, 0.2) is 18.2 Å². The molecular weight excluding hydrogens is 284 g/mol. The van der Waals surface area contributed by atoms with Gasteiger partial charge in [0, 0.05) is 19.6 Å².